The van der Waals surface area contributed by atoms with Crippen LogP contribution in [-0.2, 0) is 16.0 Å². The van der Waals surface area contributed by atoms with Gasteiger partial charge in [0.25, 0.3) is 0 Å². The molecule has 1 fully saturated rings. The predicted octanol–water partition coefficient (Wildman–Crippen LogP) is 2.44. The van der Waals surface area contributed by atoms with E-state index in [-0.39, 0.29) is 5.91 Å². The standard InChI is InChI=1S/C16H22N2O2.C5H7N3/c1-12-9-14-10-15(17-5-7-20-8-6-17)3-4-16(14)18(11-12)13(2)19;1-4-2-3-7-5(6)8-4/h3-4,10,12H,5-9,11H2,1-2H3;2-3H,1H3,(H2,6,7,8)/t12-;/m1./s1. The number of fused-ring (bicyclic) bond motifs is 1. The fourth-order valence-corrected chi connectivity index (χ4v) is 3.63. The number of aryl methyl sites for hydroxylation is 1. The van der Waals surface area contributed by atoms with Gasteiger partial charge in [-0.05, 0) is 49.1 Å². The van der Waals surface area contributed by atoms with Gasteiger partial charge in [0, 0.05) is 49.8 Å². The molecule has 1 aromatic carbocycles. The van der Waals surface area contributed by atoms with Crippen molar-refractivity contribution in [3.8, 4) is 0 Å². The first-order valence-electron chi connectivity index (χ1n) is 9.73. The summed E-state index contributed by atoms with van der Waals surface area (Å²) in [4.78, 5) is 23.6. The van der Waals surface area contributed by atoms with E-state index < -0.39 is 0 Å². The van der Waals surface area contributed by atoms with Gasteiger partial charge in [0.2, 0.25) is 11.9 Å². The van der Waals surface area contributed by atoms with Crippen LogP contribution >= 0.6 is 0 Å². The topological polar surface area (TPSA) is 84.6 Å². The molecule has 1 amide bonds. The number of anilines is 3. The van der Waals surface area contributed by atoms with Crippen LogP contribution in [0.5, 0.6) is 0 Å². The molecule has 0 spiro atoms. The van der Waals surface area contributed by atoms with Crippen molar-refractivity contribution in [2.75, 3.05) is 48.4 Å². The third-order valence-electron chi connectivity index (χ3n) is 4.99. The number of carbonyl (C=O) groups excluding carboxylic acids is 1. The lowest BCUT2D eigenvalue weighted by atomic mass is 9.93. The van der Waals surface area contributed by atoms with E-state index in [0.29, 0.717) is 11.9 Å². The number of nitrogens with zero attached hydrogens (tertiary/aromatic N) is 4. The zero-order chi connectivity index (χ0) is 20.1. The van der Waals surface area contributed by atoms with Crippen molar-refractivity contribution in [1.29, 1.82) is 0 Å². The van der Waals surface area contributed by atoms with Crippen LogP contribution in [0, 0.1) is 12.8 Å². The highest BCUT2D eigenvalue weighted by Gasteiger charge is 2.25. The highest BCUT2D eigenvalue weighted by atomic mass is 16.5. The minimum atomic E-state index is 0.136. The van der Waals surface area contributed by atoms with E-state index >= 15 is 0 Å². The Balaban J connectivity index is 0.000000236. The molecule has 2 aromatic rings. The Bertz CT molecular complexity index is 803. The minimum Gasteiger partial charge on any atom is -0.378 e. The van der Waals surface area contributed by atoms with E-state index in [2.05, 4.69) is 40.0 Å². The van der Waals surface area contributed by atoms with E-state index in [1.165, 1.54) is 11.3 Å². The average molecular weight is 383 g/mol. The van der Waals surface area contributed by atoms with Crippen molar-refractivity contribution >= 4 is 23.2 Å². The van der Waals surface area contributed by atoms with Crippen LogP contribution in [0.15, 0.2) is 30.5 Å². The number of hydrogen-bond donors (Lipinski definition) is 1. The molecule has 1 saturated heterocycles. The fraction of sp³-hybridized carbons (Fsp3) is 0.476. The SMILES string of the molecule is CC(=O)N1C[C@H](C)Cc2cc(N3CCOCC3)ccc21.Cc1ccnc(N)n1. The second-order valence-corrected chi connectivity index (χ2v) is 7.41. The molecule has 2 aliphatic heterocycles. The molecular formula is C21H29N5O2. The first-order chi connectivity index (χ1) is 13.4. The number of benzene rings is 1. The molecule has 28 heavy (non-hydrogen) atoms. The normalized spacial score (nSPS) is 18.8. The maximum absolute atomic E-state index is 11.8. The second-order valence-electron chi connectivity index (χ2n) is 7.41. The highest BCUT2D eigenvalue weighted by molar-refractivity contribution is 5.93. The molecule has 7 nitrogen and oxygen atoms in total. The van der Waals surface area contributed by atoms with Crippen LogP contribution in [0.2, 0.25) is 0 Å². The second kappa shape index (κ2) is 9.01. The van der Waals surface area contributed by atoms with Gasteiger partial charge in [-0.3, -0.25) is 4.79 Å². The van der Waals surface area contributed by atoms with Crippen molar-refractivity contribution < 1.29 is 9.53 Å². The van der Waals surface area contributed by atoms with Gasteiger partial charge in [0.1, 0.15) is 0 Å². The summed E-state index contributed by atoms with van der Waals surface area (Å²) in [6, 6.07) is 8.30. The first kappa shape index (κ1) is 20.1. The van der Waals surface area contributed by atoms with Crippen molar-refractivity contribution in [3.63, 3.8) is 0 Å². The maximum Gasteiger partial charge on any atom is 0.223 e. The Morgan fingerprint density at radius 2 is 2.00 bits per heavy atom. The molecule has 0 saturated carbocycles. The van der Waals surface area contributed by atoms with E-state index in [1.54, 1.807) is 19.2 Å². The Hall–Kier alpha value is -2.67. The smallest absolute Gasteiger partial charge is 0.223 e. The highest BCUT2D eigenvalue weighted by Crippen LogP contribution is 2.33. The lowest BCUT2D eigenvalue weighted by molar-refractivity contribution is -0.116. The van der Waals surface area contributed by atoms with E-state index in [1.807, 2.05) is 11.8 Å². The molecule has 0 unspecified atom stereocenters. The van der Waals surface area contributed by atoms with Crippen molar-refractivity contribution in [2.45, 2.75) is 27.2 Å². The molecule has 0 radical (unpaired) electrons. The number of nitrogen functional groups attached to an aromatic ring is 1. The predicted molar refractivity (Wildman–Crippen MR) is 112 cm³/mol. The van der Waals surface area contributed by atoms with Gasteiger partial charge in [0.05, 0.1) is 13.2 Å². The Labute approximate surface area is 166 Å². The Kier molecular flexibility index (Phi) is 6.46. The fourth-order valence-electron chi connectivity index (χ4n) is 3.63. The lowest BCUT2D eigenvalue weighted by Crippen LogP contribution is -2.38. The van der Waals surface area contributed by atoms with E-state index in [4.69, 9.17) is 10.5 Å². The number of amides is 1. The van der Waals surface area contributed by atoms with E-state index in [9.17, 15) is 4.79 Å². The molecule has 0 aliphatic carbocycles. The molecule has 4 rings (SSSR count). The summed E-state index contributed by atoms with van der Waals surface area (Å²) >= 11 is 0. The van der Waals surface area contributed by atoms with Crippen LogP contribution < -0.4 is 15.5 Å². The zero-order valence-corrected chi connectivity index (χ0v) is 16.9. The van der Waals surface area contributed by atoms with Gasteiger partial charge in [-0.15, -0.1) is 0 Å². The molecule has 1 aromatic heterocycles. The number of rotatable bonds is 1. The molecular weight excluding hydrogens is 354 g/mol. The third-order valence-corrected chi connectivity index (χ3v) is 4.99. The molecule has 150 valence electrons. The molecule has 7 heteroatoms. The monoisotopic (exact) mass is 383 g/mol. The van der Waals surface area contributed by atoms with Crippen LogP contribution in [0.4, 0.5) is 17.3 Å². The Morgan fingerprint density at radius 3 is 2.61 bits per heavy atom. The van der Waals surface area contributed by atoms with Gasteiger partial charge in [-0.1, -0.05) is 6.92 Å². The minimum absolute atomic E-state index is 0.136. The van der Waals surface area contributed by atoms with E-state index in [0.717, 1.165) is 50.7 Å². The summed E-state index contributed by atoms with van der Waals surface area (Å²) in [5, 5.41) is 0. The van der Waals surface area contributed by atoms with Gasteiger partial charge < -0.3 is 20.3 Å². The summed E-state index contributed by atoms with van der Waals surface area (Å²) in [6.07, 6.45) is 2.69. The van der Waals surface area contributed by atoms with Crippen LogP contribution in [0.1, 0.15) is 25.1 Å². The van der Waals surface area contributed by atoms with Gasteiger partial charge in [-0.25, -0.2) is 9.97 Å². The lowest BCUT2D eigenvalue weighted by Gasteiger charge is -2.35. The van der Waals surface area contributed by atoms with Crippen LogP contribution in [-0.4, -0.2) is 48.7 Å². The Morgan fingerprint density at radius 1 is 1.25 bits per heavy atom. The van der Waals surface area contributed by atoms with Crippen molar-refractivity contribution in [1.82, 2.24) is 9.97 Å². The van der Waals surface area contributed by atoms with Gasteiger partial charge >= 0.3 is 0 Å². The number of nitrogens with two attached hydrogens (primary N) is 1. The molecule has 0 bridgehead atoms. The molecule has 1 atom stereocenters. The van der Waals surface area contributed by atoms with Gasteiger partial charge in [-0.2, -0.15) is 0 Å². The molecule has 3 heterocycles. The van der Waals surface area contributed by atoms with Crippen LogP contribution in [0.3, 0.4) is 0 Å². The summed E-state index contributed by atoms with van der Waals surface area (Å²) < 4.78 is 5.40. The number of ether oxygens (including phenoxy) is 1. The number of hydrogen-bond acceptors (Lipinski definition) is 6. The number of carbonyl (C=O) groups is 1. The van der Waals surface area contributed by atoms with Crippen molar-refractivity contribution in [3.05, 3.63) is 41.7 Å². The number of morpholine rings is 1. The quantitative estimate of drug-likeness (QED) is 0.814. The summed E-state index contributed by atoms with van der Waals surface area (Å²) in [5.74, 6) is 0.994. The molecule has 2 N–H and O–H groups in total. The average Bonchev–Trinajstić information content (AvgIpc) is 2.67. The third kappa shape index (κ3) is 4.98. The number of aromatic nitrogens is 2. The van der Waals surface area contributed by atoms with Crippen LogP contribution in [0.25, 0.3) is 0 Å². The summed E-state index contributed by atoms with van der Waals surface area (Å²) in [7, 11) is 0. The molecule has 2 aliphatic rings. The summed E-state index contributed by atoms with van der Waals surface area (Å²) in [6.45, 7) is 10.1. The first-order valence-corrected chi connectivity index (χ1v) is 9.73. The van der Waals surface area contributed by atoms with Gasteiger partial charge in [0.15, 0.2) is 0 Å². The maximum atomic E-state index is 11.8. The van der Waals surface area contributed by atoms with Crippen molar-refractivity contribution in [2.24, 2.45) is 5.92 Å². The zero-order valence-electron chi connectivity index (χ0n) is 16.9. The summed E-state index contributed by atoms with van der Waals surface area (Å²) in [5.41, 5.74) is 9.78. The largest absolute Gasteiger partial charge is 0.378 e.